The van der Waals surface area contributed by atoms with Crippen molar-refractivity contribution in [2.45, 2.75) is 4.90 Å². The standard InChI is InChI=1S/C7H7BO2S.2H2O/c1-11(9,10)7-4-2-3-6(8)5-7;;/h2-5H,1H3;2*1H2/q+2;;/p-2. The minimum absolute atomic E-state index is 0. The maximum Gasteiger partial charge on any atom is -0.870 e. The van der Waals surface area contributed by atoms with Crippen LogP contribution in [0.5, 0.6) is 0 Å². The number of rotatable bonds is 1. The summed E-state index contributed by atoms with van der Waals surface area (Å²) in [6.45, 7) is 0. The topological polar surface area (TPSA) is 94.1 Å². The summed E-state index contributed by atoms with van der Waals surface area (Å²) in [6.07, 6.45) is 1.15. The molecule has 13 heavy (non-hydrogen) atoms. The maximum absolute atomic E-state index is 10.9. The molecular weight excluding hydrogens is 191 g/mol. The zero-order valence-corrected chi connectivity index (χ0v) is 7.82. The first-order valence-electron chi connectivity index (χ1n) is 3.06. The van der Waals surface area contributed by atoms with Crippen molar-refractivity contribution in [3.05, 3.63) is 24.3 Å². The Morgan fingerprint density at radius 3 is 2.08 bits per heavy atom. The van der Waals surface area contributed by atoms with E-state index >= 15 is 0 Å². The molecule has 70 valence electrons. The largest absolute Gasteiger partial charge is 0.870 e. The van der Waals surface area contributed by atoms with Crippen molar-refractivity contribution in [1.29, 1.82) is 0 Å². The van der Waals surface area contributed by atoms with Crippen LogP contribution in [0.1, 0.15) is 0 Å². The molecule has 1 aromatic rings. The van der Waals surface area contributed by atoms with Crippen molar-refractivity contribution < 1.29 is 19.4 Å². The summed E-state index contributed by atoms with van der Waals surface area (Å²) in [7, 11) is 2.29. The number of benzene rings is 1. The average Bonchev–Trinajstić information content (AvgIpc) is 1.86. The first-order valence-corrected chi connectivity index (χ1v) is 4.95. The van der Waals surface area contributed by atoms with E-state index in [9.17, 15) is 8.42 Å². The molecule has 0 heterocycles. The molecule has 0 unspecified atom stereocenters. The minimum Gasteiger partial charge on any atom is -0.870 e. The molecular formula is C7H9BO4S. The molecule has 1 rings (SSSR count). The average molecular weight is 200 g/mol. The molecule has 0 spiro atoms. The molecule has 0 atom stereocenters. The fraction of sp³-hybridized carbons (Fsp3) is 0.143. The number of hydrogen-bond acceptors (Lipinski definition) is 4. The summed E-state index contributed by atoms with van der Waals surface area (Å²) in [5.41, 5.74) is 0.466. The second kappa shape index (κ2) is 5.01. The molecule has 4 nitrogen and oxygen atoms in total. The van der Waals surface area contributed by atoms with Crippen LogP contribution in [0.4, 0.5) is 0 Å². The molecule has 0 aliphatic rings. The zero-order chi connectivity index (χ0) is 8.48. The molecule has 0 fully saturated rings. The zero-order valence-electron chi connectivity index (χ0n) is 7.01. The Bertz CT molecular complexity index is 361. The van der Waals surface area contributed by atoms with E-state index in [1.807, 2.05) is 0 Å². The predicted octanol–water partition coefficient (Wildman–Crippen LogP) is -0.470. The van der Waals surface area contributed by atoms with Crippen molar-refractivity contribution in [2.75, 3.05) is 6.26 Å². The number of sulfone groups is 1. The Hall–Kier alpha value is -0.845. The van der Waals surface area contributed by atoms with Gasteiger partial charge in [0.25, 0.3) is 0 Å². The molecule has 0 aliphatic carbocycles. The Morgan fingerprint density at radius 1 is 1.23 bits per heavy atom. The number of hydrogen-bond donors (Lipinski definition) is 0. The first kappa shape index (κ1) is 14.7. The van der Waals surface area contributed by atoms with Crippen LogP contribution in [-0.2, 0) is 9.84 Å². The molecule has 0 saturated carbocycles. The van der Waals surface area contributed by atoms with E-state index in [1.54, 1.807) is 12.1 Å². The molecule has 0 bridgehead atoms. The Kier molecular flexibility index (Phi) is 5.65. The second-order valence-corrected chi connectivity index (χ2v) is 4.36. The van der Waals surface area contributed by atoms with E-state index in [2.05, 4.69) is 0 Å². The van der Waals surface area contributed by atoms with Crippen LogP contribution in [0.3, 0.4) is 0 Å². The molecule has 0 amide bonds. The van der Waals surface area contributed by atoms with Gasteiger partial charge in [-0.25, -0.2) is 0 Å². The third-order valence-corrected chi connectivity index (χ3v) is 2.40. The van der Waals surface area contributed by atoms with Crippen LogP contribution in [0.2, 0.25) is 0 Å². The summed E-state index contributed by atoms with van der Waals surface area (Å²) in [5.74, 6) is 0. The first-order chi connectivity index (χ1) is 5.00. The second-order valence-electron chi connectivity index (χ2n) is 2.34. The molecule has 6 heteroatoms. The van der Waals surface area contributed by atoms with Gasteiger partial charge in [0.15, 0.2) is 0 Å². The van der Waals surface area contributed by atoms with Gasteiger partial charge in [-0.2, -0.15) is 0 Å². The molecule has 2 N–H and O–H groups in total. The van der Waals surface area contributed by atoms with E-state index in [0.717, 1.165) is 6.26 Å². The summed E-state index contributed by atoms with van der Waals surface area (Å²) in [4.78, 5) is 0.262. The van der Waals surface area contributed by atoms with Gasteiger partial charge >= 0.3 is 67.0 Å². The fourth-order valence-corrected chi connectivity index (χ4v) is 1.42. The van der Waals surface area contributed by atoms with Crippen molar-refractivity contribution in [1.82, 2.24) is 0 Å². The van der Waals surface area contributed by atoms with Gasteiger partial charge < -0.3 is 11.0 Å². The predicted molar refractivity (Wildman–Crippen MR) is 48.8 cm³/mol. The van der Waals surface area contributed by atoms with E-state index in [4.69, 9.17) is 7.85 Å². The van der Waals surface area contributed by atoms with E-state index < -0.39 is 9.84 Å². The normalized spacial score (nSPS) is 9.77. The van der Waals surface area contributed by atoms with Gasteiger partial charge in [0.05, 0.1) is 0 Å². The van der Waals surface area contributed by atoms with Gasteiger partial charge in [0.2, 0.25) is 0 Å². The molecule has 0 radical (unpaired) electrons. The molecule has 0 saturated heterocycles. The molecule has 1 aromatic carbocycles. The van der Waals surface area contributed by atoms with E-state index in [1.165, 1.54) is 12.1 Å². The Balaban J connectivity index is 0. The van der Waals surface area contributed by atoms with Crippen molar-refractivity contribution >= 4 is 23.1 Å². The van der Waals surface area contributed by atoms with Crippen LogP contribution in [0.15, 0.2) is 29.2 Å². The van der Waals surface area contributed by atoms with Crippen molar-refractivity contribution in [2.24, 2.45) is 0 Å². The third-order valence-electron chi connectivity index (χ3n) is 1.29. The van der Waals surface area contributed by atoms with E-state index in [-0.39, 0.29) is 15.8 Å². The van der Waals surface area contributed by atoms with Gasteiger partial charge in [-0.05, 0) is 0 Å². The van der Waals surface area contributed by atoms with Crippen LogP contribution >= 0.6 is 0 Å². The Labute approximate surface area is 78.5 Å². The molecule has 0 aliphatic heterocycles. The van der Waals surface area contributed by atoms with Gasteiger partial charge in [0, 0.05) is 0 Å². The van der Waals surface area contributed by atoms with Crippen molar-refractivity contribution in [3.8, 4) is 0 Å². The third kappa shape index (κ3) is 4.07. The van der Waals surface area contributed by atoms with E-state index in [0.29, 0.717) is 5.46 Å². The van der Waals surface area contributed by atoms with Gasteiger partial charge in [-0.15, -0.1) is 0 Å². The quantitative estimate of drug-likeness (QED) is 0.572. The summed E-state index contributed by atoms with van der Waals surface area (Å²) >= 11 is 0. The fourth-order valence-electron chi connectivity index (χ4n) is 0.745. The Morgan fingerprint density at radius 2 is 1.77 bits per heavy atom. The smallest absolute Gasteiger partial charge is 0.870 e. The SMILES string of the molecule is [B+2]c1cccc(S(C)(=O)=O)c1.[OH-].[OH-]. The van der Waals surface area contributed by atoms with Crippen molar-refractivity contribution in [3.63, 3.8) is 0 Å². The van der Waals surface area contributed by atoms with Gasteiger partial charge in [0.1, 0.15) is 0 Å². The van der Waals surface area contributed by atoms with Crippen LogP contribution in [0.25, 0.3) is 0 Å². The summed E-state index contributed by atoms with van der Waals surface area (Å²) < 4.78 is 21.9. The van der Waals surface area contributed by atoms with Gasteiger partial charge in [-0.1, -0.05) is 0 Å². The maximum atomic E-state index is 10.9. The van der Waals surface area contributed by atoms with Gasteiger partial charge in [-0.3, -0.25) is 0 Å². The van der Waals surface area contributed by atoms with Crippen LogP contribution in [0, 0.1) is 0 Å². The summed E-state index contributed by atoms with van der Waals surface area (Å²) in [6, 6.07) is 6.22. The van der Waals surface area contributed by atoms with Crippen LogP contribution in [-0.4, -0.2) is 33.5 Å². The summed E-state index contributed by atoms with van der Waals surface area (Å²) in [5, 5.41) is 0. The minimum atomic E-state index is -3.11. The monoisotopic (exact) mass is 200 g/mol. The molecule has 0 aromatic heterocycles. The van der Waals surface area contributed by atoms with Crippen LogP contribution < -0.4 is 5.46 Å².